The van der Waals surface area contributed by atoms with E-state index in [2.05, 4.69) is 0 Å². The lowest BCUT2D eigenvalue weighted by Crippen LogP contribution is -2.10. The molecule has 0 bridgehead atoms. The second-order valence-corrected chi connectivity index (χ2v) is 4.50. The highest BCUT2D eigenvalue weighted by molar-refractivity contribution is 5.27. The molecule has 5 heteroatoms. The molecule has 0 aliphatic rings. The minimum Gasteiger partial charge on any atom is -0.388 e. The van der Waals surface area contributed by atoms with Gasteiger partial charge >= 0.3 is 6.18 Å². The van der Waals surface area contributed by atoms with Crippen LogP contribution in [0.25, 0.3) is 0 Å². The smallest absolute Gasteiger partial charge is 0.388 e. The summed E-state index contributed by atoms with van der Waals surface area (Å²) in [6.45, 7) is 3.87. The van der Waals surface area contributed by atoms with Crippen LogP contribution in [0.15, 0.2) is 18.2 Å². The molecule has 0 heterocycles. The highest BCUT2D eigenvalue weighted by Crippen LogP contribution is 2.33. The van der Waals surface area contributed by atoms with Crippen molar-refractivity contribution in [3.63, 3.8) is 0 Å². The summed E-state index contributed by atoms with van der Waals surface area (Å²) in [5.74, 6) is -1.12. The van der Waals surface area contributed by atoms with Gasteiger partial charge in [-0.3, -0.25) is 0 Å². The van der Waals surface area contributed by atoms with E-state index in [0.29, 0.717) is 12.5 Å². The summed E-state index contributed by atoms with van der Waals surface area (Å²) in [5.41, 5.74) is -1.12. The Kier molecular flexibility index (Phi) is 4.73. The third kappa shape index (κ3) is 3.70. The normalized spacial score (nSPS) is 15.5. The van der Waals surface area contributed by atoms with Crippen molar-refractivity contribution < 1.29 is 22.7 Å². The lowest BCUT2D eigenvalue weighted by atomic mass is 9.95. The number of hydrogen-bond acceptors (Lipinski definition) is 1. The van der Waals surface area contributed by atoms with E-state index in [-0.39, 0.29) is 11.5 Å². The first kappa shape index (κ1) is 15.0. The summed E-state index contributed by atoms with van der Waals surface area (Å²) in [6.07, 6.45) is -4.39. The summed E-state index contributed by atoms with van der Waals surface area (Å²) in [6, 6.07) is 2.55. The number of rotatable bonds is 4. The Hall–Kier alpha value is -1.10. The standard InChI is InChI=1S/C13H16F4O/c1-3-8(2)6-12(18)9-4-5-10(11(14)7-9)13(15,16)17/h4-5,7-8,12,18H,3,6H2,1-2H3. The van der Waals surface area contributed by atoms with Gasteiger partial charge in [-0.2, -0.15) is 13.2 Å². The molecule has 2 atom stereocenters. The monoisotopic (exact) mass is 264 g/mol. The van der Waals surface area contributed by atoms with E-state index in [1.54, 1.807) is 0 Å². The highest BCUT2D eigenvalue weighted by atomic mass is 19.4. The van der Waals surface area contributed by atoms with Crippen molar-refractivity contribution in [1.82, 2.24) is 0 Å². The minimum atomic E-state index is -4.70. The van der Waals surface area contributed by atoms with E-state index in [4.69, 9.17) is 0 Å². The Morgan fingerprint density at radius 3 is 2.33 bits per heavy atom. The zero-order valence-corrected chi connectivity index (χ0v) is 10.3. The topological polar surface area (TPSA) is 20.2 Å². The van der Waals surface area contributed by atoms with Crippen LogP contribution in [0.4, 0.5) is 17.6 Å². The molecule has 0 aromatic heterocycles. The fourth-order valence-corrected chi connectivity index (χ4v) is 1.65. The molecule has 1 nitrogen and oxygen atoms in total. The molecule has 1 N–H and O–H groups in total. The maximum Gasteiger partial charge on any atom is 0.419 e. The van der Waals surface area contributed by atoms with Gasteiger partial charge in [0, 0.05) is 0 Å². The zero-order valence-electron chi connectivity index (χ0n) is 10.3. The summed E-state index contributed by atoms with van der Waals surface area (Å²) in [4.78, 5) is 0. The second-order valence-electron chi connectivity index (χ2n) is 4.50. The Morgan fingerprint density at radius 1 is 1.28 bits per heavy atom. The number of benzene rings is 1. The van der Waals surface area contributed by atoms with Gasteiger partial charge in [-0.1, -0.05) is 26.3 Å². The molecule has 0 spiro atoms. The van der Waals surface area contributed by atoms with Gasteiger partial charge in [0.1, 0.15) is 5.82 Å². The van der Waals surface area contributed by atoms with E-state index >= 15 is 0 Å². The molecule has 2 unspecified atom stereocenters. The summed E-state index contributed by atoms with van der Waals surface area (Å²) in [5, 5.41) is 9.79. The van der Waals surface area contributed by atoms with Crippen LogP contribution < -0.4 is 0 Å². The van der Waals surface area contributed by atoms with E-state index in [1.165, 1.54) is 0 Å². The maximum atomic E-state index is 13.3. The second kappa shape index (κ2) is 5.69. The molecule has 0 amide bonds. The quantitative estimate of drug-likeness (QED) is 0.803. The van der Waals surface area contributed by atoms with Crippen molar-refractivity contribution in [2.75, 3.05) is 0 Å². The predicted octanol–water partition coefficient (Wildman–Crippen LogP) is 4.31. The van der Waals surface area contributed by atoms with Crippen LogP contribution in [0.5, 0.6) is 0 Å². The Bertz CT molecular complexity index is 400. The summed E-state index contributed by atoms with van der Waals surface area (Å²) < 4.78 is 50.3. The molecule has 102 valence electrons. The first-order valence-electron chi connectivity index (χ1n) is 5.80. The molecule has 18 heavy (non-hydrogen) atoms. The van der Waals surface area contributed by atoms with Gasteiger partial charge in [-0.05, 0) is 30.0 Å². The molecular formula is C13H16F4O. The van der Waals surface area contributed by atoms with E-state index < -0.39 is 23.7 Å². The van der Waals surface area contributed by atoms with E-state index in [9.17, 15) is 22.7 Å². The number of aliphatic hydroxyl groups excluding tert-OH is 1. The fraction of sp³-hybridized carbons (Fsp3) is 0.538. The molecule has 1 aromatic rings. The zero-order chi connectivity index (χ0) is 13.9. The SMILES string of the molecule is CCC(C)CC(O)c1ccc(C(F)(F)F)c(F)c1. The number of aliphatic hydroxyl groups is 1. The Labute approximate surface area is 103 Å². The van der Waals surface area contributed by atoms with Gasteiger partial charge in [-0.15, -0.1) is 0 Å². The fourth-order valence-electron chi connectivity index (χ4n) is 1.65. The van der Waals surface area contributed by atoms with Crippen LogP contribution in [0.1, 0.15) is 43.9 Å². The summed E-state index contributed by atoms with van der Waals surface area (Å²) >= 11 is 0. The molecule has 0 radical (unpaired) electrons. The van der Waals surface area contributed by atoms with Crippen molar-refractivity contribution in [1.29, 1.82) is 0 Å². The van der Waals surface area contributed by atoms with Crippen LogP contribution in [0.3, 0.4) is 0 Å². The largest absolute Gasteiger partial charge is 0.419 e. The molecule has 0 fully saturated rings. The van der Waals surface area contributed by atoms with Crippen molar-refractivity contribution in [3.8, 4) is 0 Å². The summed E-state index contributed by atoms with van der Waals surface area (Å²) in [7, 11) is 0. The van der Waals surface area contributed by atoms with Crippen LogP contribution in [0, 0.1) is 11.7 Å². The highest BCUT2D eigenvalue weighted by Gasteiger charge is 2.34. The molecule has 1 aromatic carbocycles. The van der Waals surface area contributed by atoms with Gasteiger partial charge in [-0.25, -0.2) is 4.39 Å². The third-order valence-electron chi connectivity index (χ3n) is 3.01. The first-order chi connectivity index (χ1) is 8.25. The van der Waals surface area contributed by atoms with Crippen LogP contribution in [0.2, 0.25) is 0 Å². The first-order valence-corrected chi connectivity index (χ1v) is 5.80. The van der Waals surface area contributed by atoms with Gasteiger partial charge < -0.3 is 5.11 Å². The molecule has 0 aliphatic carbocycles. The van der Waals surface area contributed by atoms with Crippen molar-refractivity contribution in [2.24, 2.45) is 5.92 Å². The molecular weight excluding hydrogens is 248 g/mol. The average molecular weight is 264 g/mol. The number of halogens is 4. The van der Waals surface area contributed by atoms with E-state index in [0.717, 1.165) is 18.6 Å². The van der Waals surface area contributed by atoms with Crippen molar-refractivity contribution >= 4 is 0 Å². The Balaban J connectivity index is 2.91. The van der Waals surface area contributed by atoms with Gasteiger partial charge in [0.05, 0.1) is 11.7 Å². The van der Waals surface area contributed by atoms with Crippen molar-refractivity contribution in [3.05, 3.63) is 35.1 Å². The van der Waals surface area contributed by atoms with E-state index in [1.807, 2.05) is 13.8 Å². The van der Waals surface area contributed by atoms with Gasteiger partial charge in [0.15, 0.2) is 0 Å². The molecule has 0 saturated heterocycles. The minimum absolute atomic E-state index is 0.181. The molecule has 0 aliphatic heterocycles. The maximum absolute atomic E-state index is 13.3. The van der Waals surface area contributed by atoms with Crippen LogP contribution in [-0.2, 0) is 6.18 Å². The Morgan fingerprint density at radius 2 is 1.89 bits per heavy atom. The lowest BCUT2D eigenvalue weighted by molar-refractivity contribution is -0.140. The van der Waals surface area contributed by atoms with Crippen molar-refractivity contribution in [2.45, 2.75) is 39.0 Å². The third-order valence-corrected chi connectivity index (χ3v) is 3.01. The van der Waals surface area contributed by atoms with Crippen LogP contribution >= 0.6 is 0 Å². The van der Waals surface area contributed by atoms with Gasteiger partial charge in [0.25, 0.3) is 0 Å². The number of hydrogen-bond donors (Lipinski definition) is 1. The molecule has 1 rings (SSSR count). The number of alkyl halides is 3. The molecule has 0 saturated carbocycles. The van der Waals surface area contributed by atoms with Crippen LogP contribution in [-0.4, -0.2) is 5.11 Å². The predicted molar refractivity (Wildman–Crippen MR) is 60.4 cm³/mol. The average Bonchev–Trinajstić information content (AvgIpc) is 2.26. The van der Waals surface area contributed by atoms with Gasteiger partial charge in [0.2, 0.25) is 0 Å². The lowest BCUT2D eigenvalue weighted by Gasteiger charge is -2.16.